The Labute approximate surface area is 118 Å². The Balaban J connectivity index is 2.20. The summed E-state index contributed by atoms with van der Waals surface area (Å²) in [4.78, 5) is 16.6. The normalized spacial score (nSPS) is 12.3. The molecule has 1 amide bonds. The number of aryl methyl sites for hydroxylation is 1. The Morgan fingerprint density at radius 3 is 2.85 bits per heavy atom. The van der Waals surface area contributed by atoms with Gasteiger partial charge in [-0.25, -0.2) is 0 Å². The van der Waals surface area contributed by atoms with Gasteiger partial charge in [0, 0.05) is 29.3 Å². The number of hydrogen-bond donors (Lipinski definition) is 2. The summed E-state index contributed by atoms with van der Waals surface area (Å²) in [6.07, 6.45) is 1.39. The second-order valence-electron chi connectivity index (χ2n) is 4.95. The Morgan fingerprint density at radius 2 is 2.15 bits per heavy atom. The van der Waals surface area contributed by atoms with Crippen LogP contribution in [0.5, 0.6) is 0 Å². The van der Waals surface area contributed by atoms with Crippen molar-refractivity contribution in [3.63, 3.8) is 0 Å². The van der Waals surface area contributed by atoms with Gasteiger partial charge in [-0.05, 0) is 44.0 Å². The smallest absolute Gasteiger partial charge is 0.251 e. The number of aromatic nitrogens is 1. The van der Waals surface area contributed by atoms with Gasteiger partial charge in [-0.1, -0.05) is 13.0 Å². The SMILES string of the molecule is CCC(CCO)NC(=O)c1ccc2nc(C)ccc2c1. The monoisotopic (exact) mass is 272 g/mol. The average molecular weight is 272 g/mol. The summed E-state index contributed by atoms with van der Waals surface area (Å²) < 4.78 is 0. The molecule has 0 saturated heterocycles. The summed E-state index contributed by atoms with van der Waals surface area (Å²) in [5, 5.41) is 12.9. The molecule has 106 valence electrons. The quantitative estimate of drug-likeness (QED) is 0.878. The van der Waals surface area contributed by atoms with Crippen molar-refractivity contribution in [1.82, 2.24) is 10.3 Å². The molecule has 1 unspecified atom stereocenters. The van der Waals surface area contributed by atoms with Crippen molar-refractivity contribution in [2.45, 2.75) is 32.7 Å². The van der Waals surface area contributed by atoms with E-state index in [-0.39, 0.29) is 18.6 Å². The van der Waals surface area contributed by atoms with E-state index in [2.05, 4.69) is 10.3 Å². The van der Waals surface area contributed by atoms with Gasteiger partial charge < -0.3 is 10.4 Å². The van der Waals surface area contributed by atoms with Gasteiger partial charge in [-0.3, -0.25) is 9.78 Å². The number of amides is 1. The summed E-state index contributed by atoms with van der Waals surface area (Å²) in [7, 11) is 0. The van der Waals surface area contributed by atoms with E-state index in [1.54, 1.807) is 6.07 Å². The fourth-order valence-electron chi connectivity index (χ4n) is 2.17. The standard InChI is InChI=1S/C16H20N2O2/c1-3-14(8-9-19)18-16(20)13-6-7-15-12(10-13)5-4-11(2)17-15/h4-7,10,14,19H,3,8-9H2,1-2H3,(H,18,20). The molecule has 0 spiro atoms. The molecule has 2 aromatic rings. The van der Waals surface area contributed by atoms with Crippen molar-refractivity contribution >= 4 is 16.8 Å². The molecule has 2 N–H and O–H groups in total. The lowest BCUT2D eigenvalue weighted by Gasteiger charge is -2.15. The van der Waals surface area contributed by atoms with Gasteiger partial charge >= 0.3 is 0 Å². The van der Waals surface area contributed by atoms with Gasteiger partial charge in [0.25, 0.3) is 5.91 Å². The Morgan fingerprint density at radius 1 is 1.35 bits per heavy atom. The molecular formula is C16H20N2O2. The number of aliphatic hydroxyl groups is 1. The molecule has 20 heavy (non-hydrogen) atoms. The fourth-order valence-corrected chi connectivity index (χ4v) is 2.17. The number of fused-ring (bicyclic) bond motifs is 1. The minimum Gasteiger partial charge on any atom is -0.396 e. The zero-order valence-electron chi connectivity index (χ0n) is 11.9. The van der Waals surface area contributed by atoms with E-state index in [0.717, 1.165) is 23.0 Å². The van der Waals surface area contributed by atoms with Crippen LogP contribution in [-0.4, -0.2) is 28.6 Å². The second-order valence-corrected chi connectivity index (χ2v) is 4.95. The van der Waals surface area contributed by atoms with E-state index >= 15 is 0 Å². The van der Waals surface area contributed by atoms with Gasteiger partial charge in [-0.2, -0.15) is 0 Å². The second kappa shape index (κ2) is 6.48. The van der Waals surface area contributed by atoms with Crippen LogP contribution in [0.1, 0.15) is 35.8 Å². The number of rotatable bonds is 5. The highest BCUT2D eigenvalue weighted by Gasteiger charge is 2.12. The maximum absolute atomic E-state index is 12.2. The first-order valence-corrected chi connectivity index (χ1v) is 6.93. The molecule has 2 rings (SSSR count). The zero-order chi connectivity index (χ0) is 14.5. The third-order valence-electron chi connectivity index (χ3n) is 3.40. The van der Waals surface area contributed by atoms with E-state index in [4.69, 9.17) is 5.11 Å². The summed E-state index contributed by atoms with van der Waals surface area (Å²) in [6, 6.07) is 9.42. The van der Waals surface area contributed by atoms with Crippen molar-refractivity contribution in [3.8, 4) is 0 Å². The largest absolute Gasteiger partial charge is 0.396 e. The lowest BCUT2D eigenvalue weighted by Crippen LogP contribution is -2.35. The maximum Gasteiger partial charge on any atom is 0.251 e. The van der Waals surface area contributed by atoms with Crippen LogP contribution >= 0.6 is 0 Å². The summed E-state index contributed by atoms with van der Waals surface area (Å²) in [5.74, 6) is -0.104. The minimum absolute atomic E-state index is 0.0133. The van der Waals surface area contributed by atoms with Crippen LogP contribution in [-0.2, 0) is 0 Å². The predicted octanol–water partition coefficient (Wildman–Crippen LogP) is 2.43. The Hall–Kier alpha value is -1.94. The van der Waals surface area contributed by atoms with E-state index in [1.165, 1.54) is 0 Å². The van der Waals surface area contributed by atoms with Crippen molar-refractivity contribution in [3.05, 3.63) is 41.6 Å². The topological polar surface area (TPSA) is 62.2 Å². The highest BCUT2D eigenvalue weighted by atomic mass is 16.3. The lowest BCUT2D eigenvalue weighted by atomic mass is 10.1. The molecule has 4 heteroatoms. The van der Waals surface area contributed by atoms with Crippen LogP contribution in [0.4, 0.5) is 0 Å². The van der Waals surface area contributed by atoms with E-state index in [9.17, 15) is 4.79 Å². The Kier molecular flexibility index (Phi) is 4.69. The number of nitrogens with one attached hydrogen (secondary N) is 1. The molecule has 1 aromatic carbocycles. The maximum atomic E-state index is 12.2. The Bertz CT molecular complexity index is 610. The minimum atomic E-state index is -0.104. The number of pyridine rings is 1. The molecule has 0 aliphatic heterocycles. The van der Waals surface area contributed by atoms with Crippen molar-refractivity contribution < 1.29 is 9.90 Å². The van der Waals surface area contributed by atoms with Crippen LogP contribution in [0, 0.1) is 6.92 Å². The summed E-state index contributed by atoms with van der Waals surface area (Å²) >= 11 is 0. The number of carbonyl (C=O) groups excluding carboxylic acids is 1. The molecular weight excluding hydrogens is 252 g/mol. The molecule has 0 bridgehead atoms. The molecule has 1 atom stereocenters. The predicted molar refractivity (Wildman–Crippen MR) is 79.7 cm³/mol. The zero-order valence-corrected chi connectivity index (χ0v) is 11.9. The molecule has 0 fully saturated rings. The van der Waals surface area contributed by atoms with Crippen molar-refractivity contribution in [1.29, 1.82) is 0 Å². The molecule has 0 aliphatic rings. The van der Waals surface area contributed by atoms with Gasteiger partial charge in [0.2, 0.25) is 0 Å². The van der Waals surface area contributed by atoms with Crippen LogP contribution in [0.2, 0.25) is 0 Å². The molecule has 0 radical (unpaired) electrons. The highest BCUT2D eigenvalue weighted by molar-refractivity contribution is 5.98. The summed E-state index contributed by atoms with van der Waals surface area (Å²) in [6.45, 7) is 4.02. The lowest BCUT2D eigenvalue weighted by molar-refractivity contribution is 0.0929. The van der Waals surface area contributed by atoms with Crippen LogP contribution in [0.3, 0.4) is 0 Å². The van der Waals surface area contributed by atoms with Gasteiger partial charge in [-0.15, -0.1) is 0 Å². The van der Waals surface area contributed by atoms with Gasteiger partial charge in [0.05, 0.1) is 5.52 Å². The number of aliphatic hydroxyl groups excluding tert-OH is 1. The fraction of sp³-hybridized carbons (Fsp3) is 0.375. The van der Waals surface area contributed by atoms with E-state index < -0.39 is 0 Å². The van der Waals surface area contributed by atoms with E-state index in [1.807, 2.05) is 38.1 Å². The molecule has 1 aromatic heterocycles. The number of nitrogens with zero attached hydrogens (tertiary/aromatic N) is 1. The first kappa shape index (κ1) is 14.5. The number of benzene rings is 1. The van der Waals surface area contributed by atoms with Crippen molar-refractivity contribution in [2.24, 2.45) is 0 Å². The first-order valence-electron chi connectivity index (χ1n) is 6.93. The number of hydrogen-bond acceptors (Lipinski definition) is 3. The van der Waals surface area contributed by atoms with Gasteiger partial charge in [0.1, 0.15) is 0 Å². The third kappa shape index (κ3) is 3.33. The van der Waals surface area contributed by atoms with Crippen molar-refractivity contribution in [2.75, 3.05) is 6.61 Å². The molecule has 0 aliphatic carbocycles. The molecule has 0 saturated carbocycles. The molecule has 1 heterocycles. The van der Waals surface area contributed by atoms with Crippen LogP contribution < -0.4 is 5.32 Å². The van der Waals surface area contributed by atoms with Crippen LogP contribution in [0.25, 0.3) is 10.9 Å². The van der Waals surface area contributed by atoms with Crippen LogP contribution in [0.15, 0.2) is 30.3 Å². The van der Waals surface area contributed by atoms with Gasteiger partial charge in [0.15, 0.2) is 0 Å². The molecule has 4 nitrogen and oxygen atoms in total. The summed E-state index contributed by atoms with van der Waals surface area (Å²) in [5.41, 5.74) is 2.48. The third-order valence-corrected chi connectivity index (χ3v) is 3.40. The van der Waals surface area contributed by atoms with E-state index in [0.29, 0.717) is 12.0 Å². The highest BCUT2D eigenvalue weighted by Crippen LogP contribution is 2.15. The number of carbonyl (C=O) groups is 1. The first-order chi connectivity index (χ1) is 9.63. The average Bonchev–Trinajstić information content (AvgIpc) is 2.46.